The van der Waals surface area contributed by atoms with E-state index in [0.717, 1.165) is 24.5 Å². The highest BCUT2D eigenvalue weighted by atomic mass is 35.5. The molecule has 0 saturated heterocycles. The second kappa shape index (κ2) is 6.37. The molecule has 0 bridgehead atoms. The molecule has 0 saturated carbocycles. The maximum absolute atomic E-state index is 6.25. The second-order valence-electron chi connectivity index (χ2n) is 4.44. The predicted octanol–water partition coefficient (Wildman–Crippen LogP) is 4.88. The number of aryl methyl sites for hydroxylation is 1. The normalized spacial score (nSPS) is 10.8. The standard InChI is InChI=1S/C15H18ClNS/c1-3-7-17-10-12-5-4-11(2)9-13(12)15-14(16)6-8-18-15/h4-6,8-9,17H,3,7,10H2,1-2H3. The van der Waals surface area contributed by atoms with Crippen molar-refractivity contribution in [3.05, 3.63) is 45.8 Å². The van der Waals surface area contributed by atoms with Crippen LogP contribution in [0.1, 0.15) is 24.5 Å². The van der Waals surface area contributed by atoms with Crippen LogP contribution in [0.15, 0.2) is 29.6 Å². The molecule has 0 aliphatic carbocycles. The topological polar surface area (TPSA) is 12.0 Å². The van der Waals surface area contributed by atoms with Gasteiger partial charge in [0.2, 0.25) is 0 Å². The van der Waals surface area contributed by atoms with Gasteiger partial charge in [0.1, 0.15) is 0 Å². The quantitative estimate of drug-likeness (QED) is 0.770. The molecule has 2 aromatic rings. The van der Waals surface area contributed by atoms with Gasteiger partial charge in [-0.2, -0.15) is 0 Å². The predicted molar refractivity (Wildman–Crippen MR) is 81.5 cm³/mol. The summed E-state index contributed by atoms with van der Waals surface area (Å²) in [7, 11) is 0. The largest absolute Gasteiger partial charge is 0.313 e. The Morgan fingerprint density at radius 1 is 1.28 bits per heavy atom. The Morgan fingerprint density at radius 3 is 2.78 bits per heavy atom. The van der Waals surface area contributed by atoms with Crippen LogP contribution in [0.2, 0.25) is 5.02 Å². The maximum Gasteiger partial charge on any atom is 0.0592 e. The molecule has 0 unspecified atom stereocenters. The third-order valence-corrected chi connectivity index (χ3v) is 4.24. The van der Waals surface area contributed by atoms with E-state index < -0.39 is 0 Å². The van der Waals surface area contributed by atoms with Crippen molar-refractivity contribution >= 4 is 22.9 Å². The van der Waals surface area contributed by atoms with Crippen molar-refractivity contribution in [1.82, 2.24) is 5.32 Å². The van der Waals surface area contributed by atoms with Gasteiger partial charge in [0.25, 0.3) is 0 Å². The zero-order valence-corrected chi connectivity index (χ0v) is 12.4. The zero-order chi connectivity index (χ0) is 13.0. The fourth-order valence-electron chi connectivity index (χ4n) is 1.94. The summed E-state index contributed by atoms with van der Waals surface area (Å²) in [6.45, 7) is 6.25. The molecule has 1 aromatic heterocycles. The maximum atomic E-state index is 6.25. The lowest BCUT2D eigenvalue weighted by atomic mass is 10.0. The summed E-state index contributed by atoms with van der Waals surface area (Å²) in [6.07, 6.45) is 1.15. The van der Waals surface area contributed by atoms with Crippen molar-refractivity contribution in [3.8, 4) is 10.4 Å². The number of benzene rings is 1. The lowest BCUT2D eigenvalue weighted by Gasteiger charge is -2.11. The van der Waals surface area contributed by atoms with E-state index in [0.29, 0.717) is 0 Å². The van der Waals surface area contributed by atoms with E-state index in [1.165, 1.54) is 21.6 Å². The van der Waals surface area contributed by atoms with Crippen LogP contribution in [-0.2, 0) is 6.54 Å². The SMILES string of the molecule is CCCNCc1ccc(C)cc1-c1sccc1Cl. The van der Waals surface area contributed by atoms with Crippen molar-refractivity contribution in [3.63, 3.8) is 0 Å². The van der Waals surface area contributed by atoms with Crippen molar-refractivity contribution in [1.29, 1.82) is 0 Å². The van der Waals surface area contributed by atoms with Gasteiger partial charge < -0.3 is 5.32 Å². The van der Waals surface area contributed by atoms with Gasteiger partial charge in [-0.05, 0) is 42.5 Å². The van der Waals surface area contributed by atoms with Crippen molar-refractivity contribution < 1.29 is 0 Å². The van der Waals surface area contributed by atoms with Crippen LogP contribution < -0.4 is 5.32 Å². The Bertz CT molecular complexity index is 519. The minimum Gasteiger partial charge on any atom is -0.313 e. The van der Waals surface area contributed by atoms with E-state index >= 15 is 0 Å². The number of hydrogen-bond donors (Lipinski definition) is 1. The van der Waals surface area contributed by atoms with Gasteiger partial charge in [-0.1, -0.05) is 42.3 Å². The molecule has 1 nitrogen and oxygen atoms in total. The van der Waals surface area contributed by atoms with E-state index in [9.17, 15) is 0 Å². The number of nitrogens with one attached hydrogen (secondary N) is 1. The molecule has 18 heavy (non-hydrogen) atoms. The lowest BCUT2D eigenvalue weighted by Crippen LogP contribution is -2.14. The van der Waals surface area contributed by atoms with Crippen LogP contribution >= 0.6 is 22.9 Å². The Morgan fingerprint density at radius 2 is 2.11 bits per heavy atom. The van der Waals surface area contributed by atoms with Gasteiger partial charge in [0, 0.05) is 6.54 Å². The Hall–Kier alpha value is -0.830. The van der Waals surface area contributed by atoms with E-state index in [-0.39, 0.29) is 0 Å². The van der Waals surface area contributed by atoms with E-state index in [1.807, 2.05) is 11.4 Å². The number of rotatable bonds is 5. The average Bonchev–Trinajstić information content (AvgIpc) is 2.77. The summed E-state index contributed by atoms with van der Waals surface area (Å²) in [5, 5.41) is 6.35. The molecule has 0 spiro atoms. The van der Waals surface area contributed by atoms with Gasteiger partial charge in [-0.3, -0.25) is 0 Å². The Balaban J connectivity index is 2.32. The van der Waals surface area contributed by atoms with Gasteiger partial charge >= 0.3 is 0 Å². The van der Waals surface area contributed by atoms with Crippen LogP contribution in [-0.4, -0.2) is 6.54 Å². The minimum atomic E-state index is 0.849. The van der Waals surface area contributed by atoms with Crippen molar-refractivity contribution in [2.75, 3.05) is 6.54 Å². The summed E-state index contributed by atoms with van der Waals surface area (Å²) in [6, 6.07) is 8.55. The zero-order valence-electron chi connectivity index (χ0n) is 10.8. The Kier molecular flexibility index (Phi) is 4.81. The first-order valence-corrected chi connectivity index (χ1v) is 7.51. The first kappa shape index (κ1) is 13.6. The summed E-state index contributed by atoms with van der Waals surface area (Å²) in [4.78, 5) is 1.17. The highest BCUT2D eigenvalue weighted by Gasteiger charge is 2.10. The monoisotopic (exact) mass is 279 g/mol. The van der Waals surface area contributed by atoms with Crippen molar-refractivity contribution in [2.45, 2.75) is 26.8 Å². The smallest absolute Gasteiger partial charge is 0.0592 e. The summed E-state index contributed by atoms with van der Waals surface area (Å²) in [5.41, 5.74) is 3.85. The molecule has 2 rings (SSSR count). The molecular weight excluding hydrogens is 262 g/mol. The fraction of sp³-hybridized carbons (Fsp3) is 0.333. The molecule has 1 heterocycles. The van der Waals surface area contributed by atoms with E-state index in [4.69, 9.17) is 11.6 Å². The second-order valence-corrected chi connectivity index (χ2v) is 5.76. The molecule has 0 atom stereocenters. The number of thiophene rings is 1. The molecule has 1 N–H and O–H groups in total. The van der Waals surface area contributed by atoms with Gasteiger partial charge in [-0.25, -0.2) is 0 Å². The van der Waals surface area contributed by atoms with Gasteiger partial charge in [-0.15, -0.1) is 11.3 Å². The van der Waals surface area contributed by atoms with Crippen LogP contribution in [0.25, 0.3) is 10.4 Å². The molecule has 3 heteroatoms. The molecule has 0 amide bonds. The number of hydrogen-bond acceptors (Lipinski definition) is 2. The van der Waals surface area contributed by atoms with Crippen LogP contribution in [0, 0.1) is 6.92 Å². The van der Waals surface area contributed by atoms with Crippen LogP contribution in [0.3, 0.4) is 0 Å². The molecule has 0 fully saturated rings. The summed E-state index contributed by atoms with van der Waals surface area (Å²) < 4.78 is 0. The molecule has 96 valence electrons. The summed E-state index contributed by atoms with van der Waals surface area (Å²) in [5.74, 6) is 0. The van der Waals surface area contributed by atoms with Crippen LogP contribution in [0.5, 0.6) is 0 Å². The molecule has 0 aliphatic rings. The minimum absolute atomic E-state index is 0.849. The fourth-order valence-corrected chi connectivity index (χ4v) is 3.15. The van der Waals surface area contributed by atoms with Gasteiger partial charge in [0.05, 0.1) is 9.90 Å². The highest BCUT2D eigenvalue weighted by molar-refractivity contribution is 7.14. The molecule has 0 radical (unpaired) electrons. The number of halogens is 1. The average molecular weight is 280 g/mol. The molecular formula is C15H18ClNS. The first-order chi connectivity index (χ1) is 8.72. The van der Waals surface area contributed by atoms with Crippen molar-refractivity contribution in [2.24, 2.45) is 0 Å². The van der Waals surface area contributed by atoms with E-state index in [1.54, 1.807) is 11.3 Å². The first-order valence-electron chi connectivity index (χ1n) is 6.26. The van der Waals surface area contributed by atoms with Gasteiger partial charge in [0.15, 0.2) is 0 Å². The van der Waals surface area contributed by atoms with Crippen LogP contribution in [0.4, 0.5) is 0 Å². The highest BCUT2D eigenvalue weighted by Crippen LogP contribution is 2.35. The molecule has 1 aromatic carbocycles. The lowest BCUT2D eigenvalue weighted by molar-refractivity contribution is 0.676. The van der Waals surface area contributed by atoms with E-state index in [2.05, 4.69) is 37.4 Å². The third-order valence-electron chi connectivity index (χ3n) is 2.87. The molecule has 0 aliphatic heterocycles. The Labute approximate surface area is 118 Å². The third kappa shape index (κ3) is 3.14. The summed E-state index contributed by atoms with van der Waals surface area (Å²) >= 11 is 7.95.